The Labute approximate surface area is 279 Å². The number of hydrogen-bond donors (Lipinski definition) is 1. The van der Waals surface area contributed by atoms with Gasteiger partial charge in [-0.15, -0.1) is 11.3 Å². The van der Waals surface area contributed by atoms with Crippen molar-refractivity contribution in [2.45, 2.75) is 51.5 Å². The SMILES string of the molecule is Cc1c(NC(=O)c2cc3c(s2)CCCC3)cccc1-c1cn(C)c(=O)c(Cc2ccc(C(C(=O)N3CCC3)N3CCOCC3)cc2)n1. The summed E-state index contributed by atoms with van der Waals surface area (Å²) in [6.45, 7) is 6.29. The molecule has 7 rings (SSSR count). The maximum Gasteiger partial charge on any atom is 0.272 e. The van der Waals surface area contributed by atoms with Gasteiger partial charge >= 0.3 is 0 Å². The number of nitrogens with one attached hydrogen (secondary N) is 1. The molecule has 2 aromatic heterocycles. The van der Waals surface area contributed by atoms with E-state index >= 15 is 0 Å². The maximum atomic E-state index is 13.4. The molecule has 47 heavy (non-hydrogen) atoms. The van der Waals surface area contributed by atoms with E-state index in [2.05, 4.69) is 10.2 Å². The summed E-state index contributed by atoms with van der Waals surface area (Å²) >= 11 is 1.60. The number of nitrogens with zero attached hydrogens (tertiary/aromatic N) is 4. The number of benzene rings is 2. The van der Waals surface area contributed by atoms with Crippen LogP contribution in [0.25, 0.3) is 11.3 Å². The van der Waals surface area contributed by atoms with E-state index in [4.69, 9.17) is 9.72 Å². The Kier molecular flexibility index (Phi) is 9.07. The van der Waals surface area contributed by atoms with Crippen molar-refractivity contribution in [3.8, 4) is 11.3 Å². The van der Waals surface area contributed by atoms with Crippen molar-refractivity contribution < 1.29 is 14.3 Å². The summed E-state index contributed by atoms with van der Waals surface area (Å²) in [7, 11) is 1.74. The van der Waals surface area contributed by atoms with Crippen molar-refractivity contribution in [3.63, 3.8) is 0 Å². The zero-order valence-corrected chi connectivity index (χ0v) is 27.9. The monoisotopic (exact) mass is 651 g/mol. The topological polar surface area (TPSA) is 96.8 Å². The Bertz CT molecular complexity index is 1830. The Balaban J connectivity index is 1.11. The lowest BCUT2D eigenvalue weighted by molar-refractivity contribution is -0.142. The van der Waals surface area contributed by atoms with Crippen molar-refractivity contribution in [2.75, 3.05) is 44.7 Å². The fourth-order valence-electron chi connectivity index (χ4n) is 6.81. The van der Waals surface area contributed by atoms with Crippen molar-refractivity contribution >= 4 is 28.8 Å². The van der Waals surface area contributed by atoms with Crippen LogP contribution in [0.1, 0.15) is 67.8 Å². The number of ether oxygens (including phenoxy) is 1. The lowest BCUT2D eigenvalue weighted by Gasteiger charge is -2.40. The van der Waals surface area contributed by atoms with Crippen LogP contribution in [-0.2, 0) is 35.8 Å². The van der Waals surface area contributed by atoms with E-state index in [9.17, 15) is 14.4 Å². The van der Waals surface area contributed by atoms with Crippen molar-refractivity contribution in [3.05, 3.63) is 103 Å². The zero-order valence-electron chi connectivity index (χ0n) is 27.1. The first kappa shape index (κ1) is 31.5. The number of amides is 2. The van der Waals surface area contributed by atoms with Gasteiger partial charge in [-0.3, -0.25) is 19.3 Å². The van der Waals surface area contributed by atoms with Crippen LogP contribution in [0.4, 0.5) is 5.69 Å². The standard InChI is InChI=1S/C37H41N5O4S/c1-24-28(8-5-9-29(24)39-35(43)33-22-27-7-3-4-10-32(27)47-33)31-23-40(2)36(44)30(38-31)21-25-11-13-26(14-12-25)34(37(45)42-15-6-16-42)41-17-19-46-20-18-41/h5,8-9,11-14,22-23,34H,3-4,6-7,10,15-21H2,1-2H3,(H,39,43). The molecule has 2 amide bonds. The van der Waals surface area contributed by atoms with E-state index in [1.54, 1.807) is 29.1 Å². The van der Waals surface area contributed by atoms with Gasteiger partial charge in [0.05, 0.1) is 23.8 Å². The van der Waals surface area contributed by atoms with Crippen molar-refractivity contribution in [1.29, 1.82) is 0 Å². The van der Waals surface area contributed by atoms with Gasteiger partial charge in [-0.1, -0.05) is 36.4 Å². The van der Waals surface area contributed by atoms with Gasteiger partial charge in [0.25, 0.3) is 11.5 Å². The average molecular weight is 652 g/mol. The smallest absolute Gasteiger partial charge is 0.272 e. The van der Waals surface area contributed by atoms with Crippen LogP contribution < -0.4 is 10.9 Å². The van der Waals surface area contributed by atoms with Crippen LogP contribution >= 0.6 is 11.3 Å². The van der Waals surface area contributed by atoms with Gasteiger partial charge in [-0.25, -0.2) is 4.98 Å². The third kappa shape index (κ3) is 6.54. The summed E-state index contributed by atoms with van der Waals surface area (Å²) in [5.74, 6) is 0.0575. The highest BCUT2D eigenvalue weighted by molar-refractivity contribution is 7.14. The molecule has 4 heterocycles. The van der Waals surface area contributed by atoms with Gasteiger partial charge in [0.2, 0.25) is 5.91 Å². The number of anilines is 1. The van der Waals surface area contributed by atoms with Gasteiger partial charge < -0.3 is 19.5 Å². The molecule has 10 heteroatoms. The van der Waals surface area contributed by atoms with E-state index < -0.39 is 0 Å². The Morgan fingerprint density at radius 1 is 1.00 bits per heavy atom. The first-order chi connectivity index (χ1) is 22.9. The molecule has 1 unspecified atom stereocenters. The molecule has 1 atom stereocenters. The fourth-order valence-corrected chi connectivity index (χ4v) is 7.96. The quantitative estimate of drug-likeness (QED) is 0.283. The maximum absolute atomic E-state index is 13.4. The summed E-state index contributed by atoms with van der Waals surface area (Å²) in [6.07, 6.45) is 7.64. The molecule has 0 saturated carbocycles. The van der Waals surface area contributed by atoms with Gasteiger partial charge in [-0.05, 0) is 73.4 Å². The largest absolute Gasteiger partial charge is 0.379 e. The van der Waals surface area contributed by atoms with Crippen LogP contribution in [-0.4, -0.2) is 70.6 Å². The second-order valence-electron chi connectivity index (χ2n) is 12.8. The average Bonchev–Trinajstić information content (AvgIpc) is 3.50. The van der Waals surface area contributed by atoms with E-state index in [1.807, 2.05) is 60.4 Å². The molecule has 3 aliphatic rings. The third-order valence-electron chi connectivity index (χ3n) is 9.70. The lowest BCUT2D eigenvalue weighted by Crippen LogP contribution is -2.51. The summed E-state index contributed by atoms with van der Waals surface area (Å²) < 4.78 is 7.13. The van der Waals surface area contributed by atoms with E-state index in [-0.39, 0.29) is 23.4 Å². The highest BCUT2D eigenvalue weighted by Crippen LogP contribution is 2.32. The molecule has 0 radical (unpaired) electrons. The molecule has 0 spiro atoms. The number of thiophene rings is 1. The molecule has 2 aromatic carbocycles. The number of morpholine rings is 1. The zero-order chi connectivity index (χ0) is 32.5. The molecule has 1 N–H and O–H groups in total. The highest BCUT2D eigenvalue weighted by atomic mass is 32.1. The minimum atomic E-state index is -0.330. The molecule has 1 aliphatic carbocycles. The van der Waals surface area contributed by atoms with Crippen LogP contribution in [0, 0.1) is 6.92 Å². The van der Waals surface area contributed by atoms with E-state index in [0.717, 1.165) is 78.3 Å². The minimum absolute atomic E-state index is 0.0929. The second-order valence-corrected chi connectivity index (χ2v) is 14.0. The Morgan fingerprint density at radius 3 is 2.49 bits per heavy atom. The van der Waals surface area contributed by atoms with Crippen molar-refractivity contribution in [1.82, 2.24) is 19.4 Å². The van der Waals surface area contributed by atoms with Gasteiger partial charge in [0.15, 0.2) is 0 Å². The number of fused-ring (bicyclic) bond motifs is 1. The third-order valence-corrected chi connectivity index (χ3v) is 10.9. The molecule has 4 aromatic rings. The van der Waals surface area contributed by atoms with Crippen LogP contribution in [0.2, 0.25) is 0 Å². The number of carbonyl (C=O) groups excluding carboxylic acids is 2. The molecule has 2 fully saturated rings. The molecule has 0 bridgehead atoms. The number of aromatic nitrogens is 2. The number of carbonyl (C=O) groups is 2. The Morgan fingerprint density at radius 2 is 1.77 bits per heavy atom. The van der Waals surface area contributed by atoms with Crippen molar-refractivity contribution in [2.24, 2.45) is 7.05 Å². The first-order valence-electron chi connectivity index (χ1n) is 16.6. The van der Waals surface area contributed by atoms with Gasteiger partial charge in [0.1, 0.15) is 11.7 Å². The van der Waals surface area contributed by atoms with Gasteiger partial charge in [-0.2, -0.15) is 0 Å². The number of likely N-dealkylation sites (tertiary alicyclic amines) is 1. The highest BCUT2D eigenvalue weighted by Gasteiger charge is 2.34. The normalized spacial score (nSPS) is 17.1. The summed E-state index contributed by atoms with van der Waals surface area (Å²) in [5, 5.41) is 3.12. The van der Waals surface area contributed by atoms with E-state index in [0.29, 0.717) is 31.0 Å². The first-order valence-corrected chi connectivity index (χ1v) is 17.5. The predicted molar refractivity (Wildman–Crippen MR) is 184 cm³/mol. The second kappa shape index (κ2) is 13.5. The molecular formula is C37H41N5O4S. The molecule has 2 saturated heterocycles. The van der Waals surface area contributed by atoms with E-state index in [1.165, 1.54) is 23.3 Å². The van der Waals surface area contributed by atoms with Gasteiger partial charge in [0, 0.05) is 62.0 Å². The summed E-state index contributed by atoms with van der Waals surface area (Å²) in [5.41, 5.74) is 6.66. The van der Waals surface area contributed by atoms with Crippen LogP contribution in [0.15, 0.2) is 59.5 Å². The molecule has 244 valence electrons. The summed E-state index contributed by atoms with van der Waals surface area (Å²) in [6, 6.07) is 15.6. The summed E-state index contributed by atoms with van der Waals surface area (Å²) in [4.78, 5) is 51.0. The van der Waals surface area contributed by atoms with Crippen LogP contribution in [0.3, 0.4) is 0 Å². The predicted octanol–water partition coefficient (Wildman–Crippen LogP) is 5.14. The molecule has 2 aliphatic heterocycles. The fraction of sp³-hybridized carbons (Fsp3) is 0.405. The molecular weight excluding hydrogens is 611 g/mol. The number of hydrogen-bond acceptors (Lipinski definition) is 7. The number of rotatable bonds is 8. The lowest BCUT2D eigenvalue weighted by atomic mass is 9.98. The Hall–Kier alpha value is -4.12. The van der Waals surface area contributed by atoms with Crippen LogP contribution in [0.5, 0.6) is 0 Å². The minimum Gasteiger partial charge on any atom is -0.379 e. The number of aryl methyl sites for hydroxylation is 3. The molecule has 9 nitrogen and oxygen atoms in total.